The van der Waals surface area contributed by atoms with Gasteiger partial charge in [-0.2, -0.15) is 0 Å². The Morgan fingerprint density at radius 3 is 2.50 bits per heavy atom. The summed E-state index contributed by atoms with van der Waals surface area (Å²) < 4.78 is 32.8. The molecule has 26 heavy (non-hydrogen) atoms. The molecule has 2 aromatic rings. The number of hydrogen-bond donors (Lipinski definition) is 0. The van der Waals surface area contributed by atoms with Crippen LogP contribution in [0.25, 0.3) is 12.2 Å². The van der Waals surface area contributed by atoms with Gasteiger partial charge in [-0.1, -0.05) is 48.6 Å². The van der Waals surface area contributed by atoms with Gasteiger partial charge in [-0.25, -0.2) is 0 Å². The van der Waals surface area contributed by atoms with Crippen molar-refractivity contribution in [2.45, 2.75) is 13.8 Å². The molecule has 0 radical (unpaired) electrons. The van der Waals surface area contributed by atoms with E-state index in [4.69, 9.17) is 0 Å². The molecule has 0 amide bonds. The minimum absolute atomic E-state index is 0.496. The number of allylic oxidation sites excluding steroid dienone is 5. The third-order valence-corrected chi connectivity index (χ3v) is 4.82. The van der Waals surface area contributed by atoms with Crippen LogP contribution in [-0.2, 0) is 0 Å². The smallest absolute Gasteiger partial charge is 0.394 e. The van der Waals surface area contributed by atoms with Gasteiger partial charge in [0.2, 0.25) is 0 Å². The van der Waals surface area contributed by atoms with Gasteiger partial charge in [0.05, 0.1) is 0 Å². The molecule has 0 saturated carbocycles. The summed E-state index contributed by atoms with van der Waals surface area (Å²) in [5.41, 5.74) is 4.15. The molecule has 0 fully saturated rings. The molecule has 2 aliphatic rings. The van der Waals surface area contributed by atoms with Crippen LogP contribution < -0.4 is 0 Å². The van der Waals surface area contributed by atoms with Crippen molar-refractivity contribution in [1.82, 2.24) is 4.48 Å². The fraction of sp³-hybridized carbons (Fsp3) is 0.0952. The van der Waals surface area contributed by atoms with Gasteiger partial charge in [0, 0.05) is 30.0 Å². The molecule has 3 heterocycles. The van der Waals surface area contributed by atoms with Gasteiger partial charge in [-0.3, -0.25) is 0 Å². The zero-order valence-corrected chi connectivity index (χ0v) is 14.7. The fourth-order valence-corrected chi connectivity index (χ4v) is 3.67. The number of aryl methyl sites for hydroxylation is 2. The lowest BCUT2D eigenvalue weighted by Crippen LogP contribution is -2.50. The molecular weight excluding hydrogens is 329 g/mol. The highest BCUT2D eigenvalue weighted by molar-refractivity contribution is 6.58. The van der Waals surface area contributed by atoms with E-state index in [1.54, 1.807) is 31.2 Å². The molecule has 2 nitrogen and oxygen atoms in total. The largest absolute Gasteiger partial charge is 0.737 e. The molecule has 0 unspecified atom stereocenters. The van der Waals surface area contributed by atoms with E-state index in [-0.39, 0.29) is 0 Å². The first-order chi connectivity index (χ1) is 12.5. The number of benzene rings is 1. The quantitative estimate of drug-likeness (QED) is 0.546. The molecule has 0 atom stereocenters. The van der Waals surface area contributed by atoms with Crippen molar-refractivity contribution >= 4 is 24.8 Å². The number of nitrogens with zero attached hydrogens (tertiary/aromatic N) is 2. The van der Waals surface area contributed by atoms with Gasteiger partial charge < -0.3 is 17.6 Å². The van der Waals surface area contributed by atoms with E-state index >= 15 is 8.63 Å². The molecule has 0 saturated heterocycles. The second-order valence-electron chi connectivity index (χ2n) is 6.64. The summed E-state index contributed by atoms with van der Waals surface area (Å²) in [5, 5.41) is 0. The number of aromatic nitrogens is 1. The summed E-state index contributed by atoms with van der Waals surface area (Å²) in [6.45, 7) is -0.305. The highest BCUT2D eigenvalue weighted by Gasteiger charge is 2.52. The van der Waals surface area contributed by atoms with Crippen molar-refractivity contribution in [3.8, 4) is 0 Å². The Hall–Kier alpha value is -2.95. The minimum atomic E-state index is -3.90. The van der Waals surface area contributed by atoms with E-state index in [2.05, 4.69) is 0 Å². The van der Waals surface area contributed by atoms with Crippen molar-refractivity contribution < 1.29 is 13.1 Å². The van der Waals surface area contributed by atoms with Crippen LogP contribution in [0.2, 0.25) is 0 Å². The molecule has 0 aliphatic carbocycles. The van der Waals surface area contributed by atoms with E-state index < -0.39 is 6.97 Å². The van der Waals surface area contributed by atoms with Crippen LogP contribution in [0.3, 0.4) is 0 Å². The first-order valence-corrected chi connectivity index (χ1v) is 8.65. The normalized spacial score (nSPS) is 17.9. The van der Waals surface area contributed by atoms with Crippen LogP contribution in [0.5, 0.6) is 0 Å². The minimum Gasteiger partial charge on any atom is -0.394 e. The standard InChI is InChI=1S/C21H19BF2N2/c1-16-14-17(2)25-21(16)15-20-13-12-19(26(20)22(25,23)24)11-7-6-10-18-8-4-3-5-9-18/h3-15H,1-2H3. The van der Waals surface area contributed by atoms with E-state index in [1.165, 1.54) is 4.48 Å². The summed E-state index contributed by atoms with van der Waals surface area (Å²) in [5.74, 6) is 0. The zero-order chi connectivity index (χ0) is 18.3. The van der Waals surface area contributed by atoms with Crippen LogP contribution in [-0.4, -0.2) is 21.6 Å². The van der Waals surface area contributed by atoms with Crippen molar-refractivity contribution in [3.05, 3.63) is 95.0 Å². The Bertz CT molecular complexity index is 1020. The molecule has 2 aliphatic heterocycles. The highest BCUT2D eigenvalue weighted by atomic mass is 19.2. The molecule has 1 aromatic carbocycles. The monoisotopic (exact) mass is 348 g/mol. The lowest BCUT2D eigenvalue weighted by molar-refractivity contribution is -0.360. The first kappa shape index (κ1) is 16.5. The van der Waals surface area contributed by atoms with Gasteiger partial charge in [0.15, 0.2) is 11.4 Å². The zero-order valence-electron chi connectivity index (χ0n) is 14.7. The van der Waals surface area contributed by atoms with Crippen LogP contribution in [0.15, 0.2) is 72.5 Å². The van der Waals surface area contributed by atoms with Crippen molar-refractivity contribution in [2.75, 3.05) is 0 Å². The van der Waals surface area contributed by atoms with Crippen LogP contribution in [0.1, 0.15) is 22.5 Å². The first-order valence-electron chi connectivity index (χ1n) is 8.65. The van der Waals surface area contributed by atoms with Crippen molar-refractivity contribution in [3.63, 3.8) is 0 Å². The average molecular weight is 348 g/mol. The Labute approximate surface area is 151 Å². The molecule has 0 N–H and O–H groups in total. The van der Waals surface area contributed by atoms with Gasteiger partial charge in [0.25, 0.3) is 0 Å². The third-order valence-electron chi connectivity index (χ3n) is 4.82. The Morgan fingerprint density at radius 2 is 1.73 bits per heavy atom. The maximum absolute atomic E-state index is 15.2. The molecule has 0 bridgehead atoms. The van der Waals surface area contributed by atoms with Crippen molar-refractivity contribution in [2.24, 2.45) is 0 Å². The van der Waals surface area contributed by atoms with Crippen LogP contribution >= 0.6 is 0 Å². The second kappa shape index (κ2) is 6.09. The van der Waals surface area contributed by atoms with Crippen LogP contribution in [0.4, 0.5) is 8.63 Å². The van der Waals surface area contributed by atoms with Gasteiger partial charge in [-0.15, -0.1) is 0 Å². The summed E-state index contributed by atoms with van der Waals surface area (Å²) in [7, 11) is 0. The summed E-state index contributed by atoms with van der Waals surface area (Å²) >= 11 is 0. The van der Waals surface area contributed by atoms with Crippen molar-refractivity contribution in [1.29, 1.82) is 0 Å². The van der Waals surface area contributed by atoms with E-state index in [0.717, 1.165) is 15.6 Å². The number of rotatable bonds is 3. The highest BCUT2D eigenvalue weighted by Crippen LogP contribution is 2.34. The fourth-order valence-electron chi connectivity index (χ4n) is 3.67. The predicted molar refractivity (Wildman–Crippen MR) is 104 cm³/mol. The summed E-state index contributed by atoms with van der Waals surface area (Å²) in [6.07, 6.45) is 12.7. The Balaban J connectivity index is 1.70. The van der Waals surface area contributed by atoms with E-state index in [1.807, 2.05) is 61.5 Å². The number of halogens is 2. The maximum Gasteiger partial charge on any atom is 0.737 e. The molecule has 5 heteroatoms. The van der Waals surface area contributed by atoms with Gasteiger partial charge in [-0.05, 0) is 36.7 Å². The maximum atomic E-state index is 15.2. The number of hydrogen-bond acceptors (Lipinski definition) is 0. The van der Waals surface area contributed by atoms with E-state index in [9.17, 15) is 0 Å². The Kier molecular flexibility index (Phi) is 3.87. The van der Waals surface area contributed by atoms with Gasteiger partial charge in [0.1, 0.15) is 0 Å². The predicted octanol–water partition coefficient (Wildman–Crippen LogP) is 4.98. The number of fused-ring (bicyclic) bond motifs is 2. The Morgan fingerprint density at radius 1 is 1.00 bits per heavy atom. The lowest BCUT2D eigenvalue weighted by atomic mass is 9.90. The topological polar surface area (TPSA) is 7.94 Å². The van der Waals surface area contributed by atoms with Gasteiger partial charge >= 0.3 is 6.97 Å². The van der Waals surface area contributed by atoms with E-state index in [0.29, 0.717) is 22.8 Å². The summed E-state index contributed by atoms with van der Waals surface area (Å²) in [4.78, 5) is 0. The third kappa shape index (κ3) is 2.60. The summed E-state index contributed by atoms with van der Waals surface area (Å²) in [6, 6.07) is 11.7. The molecular formula is C21H19BF2N2. The lowest BCUT2D eigenvalue weighted by Gasteiger charge is -2.30. The average Bonchev–Trinajstić information content (AvgIpc) is 3.15. The SMILES string of the molecule is Cc1cc(C)n2c1C=C1C=CC(C=CC=Cc3ccccc3)=[N+]1[B-]2(F)F. The molecule has 0 spiro atoms. The van der Waals surface area contributed by atoms with Crippen LogP contribution in [0, 0.1) is 13.8 Å². The second-order valence-corrected chi connectivity index (χ2v) is 6.64. The molecule has 4 rings (SSSR count). The molecule has 130 valence electrons. The molecule has 1 aromatic heterocycles.